The van der Waals surface area contributed by atoms with E-state index in [4.69, 9.17) is 0 Å². The molecule has 0 aliphatic rings. The number of hydrogen-bond acceptors (Lipinski definition) is 2. The lowest BCUT2D eigenvalue weighted by molar-refractivity contribution is 0.0966. The first-order valence-electron chi connectivity index (χ1n) is 6.05. The molecule has 0 bridgehead atoms. The van der Waals surface area contributed by atoms with Crippen molar-refractivity contribution in [3.05, 3.63) is 58.5 Å². The van der Waals surface area contributed by atoms with Crippen LogP contribution in [0.1, 0.15) is 30.2 Å². The molecule has 1 aromatic heterocycles. The van der Waals surface area contributed by atoms with Gasteiger partial charge in [0.1, 0.15) is 5.82 Å². The Labute approximate surface area is 110 Å². The van der Waals surface area contributed by atoms with Crippen molar-refractivity contribution in [2.45, 2.75) is 26.4 Å². The van der Waals surface area contributed by atoms with Gasteiger partial charge in [0, 0.05) is 18.4 Å². The number of hydrogen-bond donors (Lipinski definition) is 0. The van der Waals surface area contributed by atoms with E-state index in [-0.39, 0.29) is 23.8 Å². The molecule has 0 atom stereocenters. The van der Waals surface area contributed by atoms with Crippen LogP contribution in [0.5, 0.6) is 0 Å². The lowest BCUT2D eigenvalue weighted by atomic mass is 10.1. The largest absolute Gasteiger partial charge is 0.328 e. The molecule has 19 heavy (non-hydrogen) atoms. The number of benzene rings is 1. The Morgan fingerprint density at radius 2 is 1.95 bits per heavy atom. The zero-order valence-electron chi connectivity index (χ0n) is 10.8. The van der Waals surface area contributed by atoms with Crippen LogP contribution in [0.25, 0.3) is 0 Å². The first-order valence-corrected chi connectivity index (χ1v) is 6.05. The summed E-state index contributed by atoms with van der Waals surface area (Å²) >= 11 is 0. The second-order valence-electron chi connectivity index (χ2n) is 4.61. The van der Waals surface area contributed by atoms with Crippen molar-refractivity contribution in [3.8, 4) is 0 Å². The van der Waals surface area contributed by atoms with Crippen LogP contribution in [0.15, 0.2) is 41.5 Å². The van der Waals surface area contributed by atoms with Crippen molar-refractivity contribution in [2.24, 2.45) is 0 Å². The monoisotopic (exact) mass is 262 g/mol. The molecule has 4 nitrogen and oxygen atoms in total. The van der Waals surface area contributed by atoms with Crippen molar-refractivity contribution in [1.82, 2.24) is 9.13 Å². The number of aromatic nitrogens is 2. The first kappa shape index (κ1) is 13.3. The second kappa shape index (κ2) is 5.22. The highest BCUT2D eigenvalue weighted by atomic mass is 19.1. The number of carbonyl (C=O) groups excluding carboxylic acids is 1. The molecule has 100 valence electrons. The minimum atomic E-state index is -0.566. The molecule has 0 radical (unpaired) electrons. The van der Waals surface area contributed by atoms with E-state index < -0.39 is 11.6 Å². The molecule has 2 rings (SSSR count). The third kappa shape index (κ3) is 2.65. The van der Waals surface area contributed by atoms with Crippen LogP contribution in [-0.4, -0.2) is 14.9 Å². The van der Waals surface area contributed by atoms with E-state index in [0.717, 1.165) is 0 Å². The molecule has 1 aromatic carbocycles. The summed E-state index contributed by atoms with van der Waals surface area (Å²) in [5.74, 6) is -0.981. The van der Waals surface area contributed by atoms with Crippen LogP contribution in [0.3, 0.4) is 0 Å². The molecule has 0 N–H and O–H groups in total. The minimum Gasteiger partial charge on any atom is -0.297 e. The van der Waals surface area contributed by atoms with Gasteiger partial charge >= 0.3 is 5.69 Å². The molecule has 5 heteroatoms. The summed E-state index contributed by atoms with van der Waals surface area (Å²) in [6.07, 6.45) is 3.17. The van der Waals surface area contributed by atoms with Gasteiger partial charge < -0.3 is 0 Å². The highest BCUT2D eigenvalue weighted by Gasteiger charge is 2.14. The van der Waals surface area contributed by atoms with E-state index in [1.807, 2.05) is 13.8 Å². The Hall–Kier alpha value is -2.17. The van der Waals surface area contributed by atoms with Crippen LogP contribution >= 0.6 is 0 Å². The van der Waals surface area contributed by atoms with Crippen molar-refractivity contribution >= 4 is 5.78 Å². The summed E-state index contributed by atoms with van der Waals surface area (Å²) < 4.78 is 16.3. The van der Waals surface area contributed by atoms with Crippen LogP contribution in [0.4, 0.5) is 4.39 Å². The van der Waals surface area contributed by atoms with Gasteiger partial charge in [0.2, 0.25) is 0 Å². The lowest BCUT2D eigenvalue weighted by Gasteiger charge is -2.05. The number of imidazole rings is 1. The molecule has 0 amide bonds. The fraction of sp³-hybridized carbons (Fsp3) is 0.286. The average molecular weight is 262 g/mol. The summed E-state index contributed by atoms with van der Waals surface area (Å²) in [6, 6.07) is 5.79. The van der Waals surface area contributed by atoms with Crippen LogP contribution in [0.2, 0.25) is 0 Å². The van der Waals surface area contributed by atoms with Gasteiger partial charge in [-0.15, -0.1) is 0 Å². The molecular weight excluding hydrogens is 247 g/mol. The number of Topliss-reactive ketones (excluding diaryl/α,β-unsaturated/α-hetero) is 1. The van der Waals surface area contributed by atoms with Crippen LogP contribution < -0.4 is 5.69 Å². The fourth-order valence-electron chi connectivity index (χ4n) is 1.87. The van der Waals surface area contributed by atoms with E-state index in [1.165, 1.54) is 27.3 Å². The summed E-state index contributed by atoms with van der Waals surface area (Å²) in [5.41, 5.74) is -0.258. The van der Waals surface area contributed by atoms with Crippen molar-refractivity contribution in [3.63, 3.8) is 0 Å². The standard InChI is InChI=1S/C14H15FN2O2/c1-10(2)17-8-7-16(14(17)19)9-13(18)11-5-3-4-6-12(11)15/h3-8,10H,9H2,1-2H3. The van der Waals surface area contributed by atoms with Crippen molar-refractivity contribution in [2.75, 3.05) is 0 Å². The van der Waals surface area contributed by atoms with Gasteiger partial charge in [0.15, 0.2) is 5.78 Å². The number of carbonyl (C=O) groups is 1. The third-order valence-electron chi connectivity index (χ3n) is 2.92. The number of rotatable bonds is 4. The zero-order valence-corrected chi connectivity index (χ0v) is 10.8. The molecule has 2 aromatic rings. The van der Waals surface area contributed by atoms with Gasteiger partial charge in [-0.2, -0.15) is 0 Å². The molecule has 0 saturated carbocycles. The quantitative estimate of drug-likeness (QED) is 0.793. The SMILES string of the molecule is CC(C)n1ccn(CC(=O)c2ccccc2F)c1=O. The van der Waals surface area contributed by atoms with E-state index in [9.17, 15) is 14.0 Å². The van der Waals surface area contributed by atoms with Gasteiger partial charge in [-0.3, -0.25) is 13.9 Å². The van der Waals surface area contributed by atoms with Gasteiger partial charge in [0.25, 0.3) is 0 Å². The van der Waals surface area contributed by atoms with Crippen molar-refractivity contribution in [1.29, 1.82) is 0 Å². The molecule has 0 saturated heterocycles. The van der Waals surface area contributed by atoms with Gasteiger partial charge in [-0.1, -0.05) is 12.1 Å². The highest BCUT2D eigenvalue weighted by Crippen LogP contribution is 2.08. The molecular formula is C14H15FN2O2. The van der Waals surface area contributed by atoms with E-state index in [1.54, 1.807) is 18.5 Å². The van der Waals surface area contributed by atoms with E-state index in [2.05, 4.69) is 0 Å². The molecule has 0 fully saturated rings. The molecule has 1 heterocycles. The maximum absolute atomic E-state index is 13.5. The minimum absolute atomic E-state index is 0.00620. The smallest absolute Gasteiger partial charge is 0.297 e. The van der Waals surface area contributed by atoms with Gasteiger partial charge in [-0.05, 0) is 26.0 Å². The Kier molecular flexibility index (Phi) is 3.64. The lowest BCUT2D eigenvalue weighted by Crippen LogP contribution is -2.27. The predicted molar refractivity (Wildman–Crippen MR) is 69.8 cm³/mol. The Balaban J connectivity index is 2.25. The molecule has 0 unspecified atom stereocenters. The van der Waals surface area contributed by atoms with Gasteiger partial charge in [-0.25, -0.2) is 9.18 Å². The average Bonchev–Trinajstić information content (AvgIpc) is 2.71. The Morgan fingerprint density at radius 1 is 1.26 bits per heavy atom. The number of halogens is 1. The molecule has 0 spiro atoms. The van der Waals surface area contributed by atoms with Crippen LogP contribution in [0, 0.1) is 5.82 Å². The topological polar surface area (TPSA) is 44.0 Å². The summed E-state index contributed by atoms with van der Waals surface area (Å²) in [6.45, 7) is 3.61. The Morgan fingerprint density at radius 3 is 2.53 bits per heavy atom. The number of nitrogens with zero attached hydrogens (tertiary/aromatic N) is 2. The normalized spacial score (nSPS) is 10.9. The van der Waals surface area contributed by atoms with E-state index in [0.29, 0.717) is 0 Å². The second-order valence-corrected chi connectivity index (χ2v) is 4.61. The third-order valence-corrected chi connectivity index (χ3v) is 2.92. The van der Waals surface area contributed by atoms with Gasteiger partial charge in [0.05, 0.1) is 12.1 Å². The zero-order chi connectivity index (χ0) is 14.0. The predicted octanol–water partition coefficient (Wildman–Crippen LogP) is 2.25. The Bertz CT molecular complexity index is 655. The fourth-order valence-corrected chi connectivity index (χ4v) is 1.87. The first-order chi connectivity index (χ1) is 9.00. The number of ketones is 1. The van der Waals surface area contributed by atoms with Crippen molar-refractivity contribution < 1.29 is 9.18 Å². The van der Waals surface area contributed by atoms with Crippen LogP contribution in [-0.2, 0) is 6.54 Å². The summed E-state index contributed by atoms with van der Waals surface area (Å²) in [7, 11) is 0. The van der Waals surface area contributed by atoms with E-state index >= 15 is 0 Å². The maximum Gasteiger partial charge on any atom is 0.328 e. The highest BCUT2D eigenvalue weighted by molar-refractivity contribution is 5.96. The maximum atomic E-state index is 13.5. The molecule has 0 aliphatic heterocycles. The summed E-state index contributed by atoms with van der Waals surface area (Å²) in [5, 5.41) is 0. The molecule has 0 aliphatic carbocycles. The summed E-state index contributed by atoms with van der Waals surface area (Å²) in [4.78, 5) is 23.9.